The molecule has 2 nitrogen and oxygen atoms in total. The summed E-state index contributed by atoms with van der Waals surface area (Å²) in [6, 6.07) is 4.36. The Balaban J connectivity index is 2.85. The lowest BCUT2D eigenvalue weighted by Crippen LogP contribution is -2.49. The highest BCUT2D eigenvalue weighted by atomic mass is 16.5. The van der Waals surface area contributed by atoms with Crippen molar-refractivity contribution in [3.05, 3.63) is 23.3 Å². The first-order chi connectivity index (χ1) is 8.04. The van der Waals surface area contributed by atoms with E-state index in [2.05, 4.69) is 33.8 Å². The summed E-state index contributed by atoms with van der Waals surface area (Å²) in [4.78, 5) is 0. The second-order valence-electron chi connectivity index (χ2n) is 6.22. The summed E-state index contributed by atoms with van der Waals surface area (Å²) in [7, 11) is 2.65. The van der Waals surface area contributed by atoms with E-state index in [1.54, 1.807) is 13.8 Å². The van der Waals surface area contributed by atoms with E-state index in [4.69, 9.17) is 4.65 Å². The first kappa shape index (κ1) is 15.3. The van der Waals surface area contributed by atoms with Gasteiger partial charge in [0.15, 0.2) is 0 Å². The summed E-state index contributed by atoms with van der Waals surface area (Å²) >= 11 is 0. The summed E-state index contributed by atoms with van der Waals surface area (Å²) in [6.45, 7) is 11.6. The summed E-state index contributed by atoms with van der Waals surface area (Å²) in [5, 5.41) is 10.1. The maximum Gasteiger partial charge on any atom is 0.309 e. The van der Waals surface area contributed by atoms with Crippen LogP contribution in [-0.2, 0) is 4.65 Å². The van der Waals surface area contributed by atoms with Crippen LogP contribution in [0.15, 0.2) is 12.1 Å². The van der Waals surface area contributed by atoms with Crippen LogP contribution in [0.2, 0.25) is 0 Å². The Morgan fingerprint density at radius 3 is 2.17 bits per heavy atom. The van der Waals surface area contributed by atoms with Crippen LogP contribution in [0.4, 0.5) is 0 Å². The average molecular weight is 246 g/mol. The number of aliphatic hydroxyl groups is 1. The van der Waals surface area contributed by atoms with Gasteiger partial charge in [0.2, 0.25) is 0 Å². The normalized spacial score (nSPS) is 12.6. The van der Waals surface area contributed by atoms with Gasteiger partial charge in [0.05, 0.1) is 11.2 Å². The smallest absolute Gasteiger partial charge is 0.309 e. The predicted molar refractivity (Wildman–Crippen MR) is 82.3 cm³/mol. The van der Waals surface area contributed by atoms with Gasteiger partial charge < -0.3 is 9.76 Å². The van der Waals surface area contributed by atoms with Gasteiger partial charge in [-0.25, -0.2) is 0 Å². The third kappa shape index (κ3) is 3.39. The third-order valence-corrected chi connectivity index (χ3v) is 4.01. The fourth-order valence-electron chi connectivity index (χ4n) is 1.61. The van der Waals surface area contributed by atoms with Gasteiger partial charge in [-0.2, -0.15) is 0 Å². The van der Waals surface area contributed by atoms with Gasteiger partial charge in [0, 0.05) is 0 Å². The minimum Gasteiger partial charge on any atom is -0.427 e. The SMILES string of the molecule is Bc1cc(C)c(BOC(C)(C)C(C)(C)O)cc1C. The molecule has 18 heavy (non-hydrogen) atoms. The highest BCUT2D eigenvalue weighted by Gasteiger charge is 2.35. The second kappa shape index (κ2) is 5.10. The summed E-state index contributed by atoms with van der Waals surface area (Å²) in [5.41, 5.74) is 3.58. The van der Waals surface area contributed by atoms with Gasteiger partial charge in [0.1, 0.15) is 7.85 Å². The molecule has 0 bridgehead atoms. The van der Waals surface area contributed by atoms with Crippen LogP contribution in [0.25, 0.3) is 0 Å². The minimum absolute atomic E-state index is 0.532. The molecule has 0 aliphatic heterocycles. The fourth-order valence-corrected chi connectivity index (χ4v) is 1.61. The van der Waals surface area contributed by atoms with Crippen molar-refractivity contribution >= 4 is 26.3 Å². The maximum absolute atomic E-state index is 10.1. The van der Waals surface area contributed by atoms with Crippen molar-refractivity contribution in [2.75, 3.05) is 0 Å². The van der Waals surface area contributed by atoms with Gasteiger partial charge in [-0.15, -0.1) is 0 Å². The lowest BCUT2D eigenvalue weighted by atomic mass is 9.77. The lowest BCUT2D eigenvalue weighted by Gasteiger charge is -2.37. The molecule has 0 atom stereocenters. The van der Waals surface area contributed by atoms with Crippen molar-refractivity contribution in [2.24, 2.45) is 0 Å². The number of hydrogen-bond donors (Lipinski definition) is 1. The highest BCUT2D eigenvalue weighted by molar-refractivity contribution is 6.48. The Kier molecular flexibility index (Phi) is 4.34. The summed E-state index contributed by atoms with van der Waals surface area (Å²) < 4.78 is 5.91. The van der Waals surface area contributed by atoms with Crippen LogP contribution in [-0.4, -0.2) is 31.6 Å². The molecule has 0 amide bonds. The Morgan fingerprint density at radius 1 is 1.11 bits per heavy atom. The molecule has 0 aliphatic rings. The van der Waals surface area contributed by atoms with E-state index in [1.165, 1.54) is 22.1 Å². The monoisotopic (exact) mass is 246 g/mol. The largest absolute Gasteiger partial charge is 0.427 e. The van der Waals surface area contributed by atoms with E-state index >= 15 is 0 Å². The van der Waals surface area contributed by atoms with E-state index in [0.29, 0.717) is 7.48 Å². The second-order valence-corrected chi connectivity index (χ2v) is 6.22. The third-order valence-electron chi connectivity index (χ3n) is 4.01. The molecule has 0 spiro atoms. The molecule has 0 radical (unpaired) electrons. The molecule has 0 saturated heterocycles. The molecule has 0 unspecified atom stereocenters. The van der Waals surface area contributed by atoms with Gasteiger partial charge in [0.25, 0.3) is 0 Å². The van der Waals surface area contributed by atoms with E-state index < -0.39 is 11.2 Å². The van der Waals surface area contributed by atoms with Crippen LogP contribution in [0, 0.1) is 13.8 Å². The Hall–Kier alpha value is -0.730. The van der Waals surface area contributed by atoms with Crippen molar-refractivity contribution in [2.45, 2.75) is 52.7 Å². The zero-order valence-electron chi connectivity index (χ0n) is 12.7. The van der Waals surface area contributed by atoms with E-state index in [0.717, 1.165) is 0 Å². The van der Waals surface area contributed by atoms with Gasteiger partial charge >= 0.3 is 7.48 Å². The fraction of sp³-hybridized carbons (Fsp3) is 0.571. The molecule has 0 aromatic heterocycles. The number of rotatable bonds is 4. The van der Waals surface area contributed by atoms with E-state index in [1.807, 2.05) is 13.8 Å². The molecule has 0 fully saturated rings. The quantitative estimate of drug-likeness (QED) is 0.764. The van der Waals surface area contributed by atoms with Crippen LogP contribution in [0.3, 0.4) is 0 Å². The Bertz CT molecular complexity index is 434. The zero-order valence-corrected chi connectivity index (χ0v) is 12.7. The molecule has 1 N–H and O–H groups in total. The van der Waals surface area contributed by atoms with E-state index in [-0.39, 0.29) is 0 Å². The average Bonchev–Trinajstić information content (AvgIpc) is 2.20. The predicted octanol–water partition coefficient (Wildman–Crippen LogP) is 0.105. The van der Waals surface area contributed by atoms with Crippen LogP contribution < -0.4 is 10.9 Å². The van der Waals surface area contributed by atoms with Gasteiger partial charge in [-0.1, -0.05) is 28.7 Å². The molecule has 1 aromatic carbocycles. The molecular weight excluding hydrogens is 222 g/mol. The van der Waals surface area contributed by atoms with Crippen LogP contribution >= 0.6 is 0 Å². The molecule has 0 saturated carbocycles. The van der Waals surface area contributed by atoms with Crippen molar-refractivity contribution < 1.29 is 9.76 Å². The molecule has 1 rings (SSSR count). The zero-order chi connectivity index (χ0) is 14.1. The lowest BCUT2D eigenvalue weighted by molar-refractivity contribution is -0.0893. The van der Waals surface area contributed by atoms with Crippen LogP contribution in [0.5, 0.6) is 0 Å². The first-order valence-electron chi connectivity index (χ1n) is 6.47. The maximum atomic E-state index is 10.1. The first-order valence-corrected chi connectivity index (χ1v) is 6.47. The molecule has 1 aromatic rings. The van der Waals surface area contributed by atoms with E-state index in [9.17, 15) is 5.11 Å². The molecule has 4 heteroatoms. The Labute approximate surface area is 112 Å². The molecule has 0 aliphatic carbocycles. The topological polar surface area (TPSA) is 29.5 Å². The molecular formula is C14H24B2O2. The van der Waals surface area contributed by atoms with Gasteiger partial charge in [-0.05, 0) is 47.0 Å². The minimum atomic E-state index is -0.860. The molecule has 0 heterocycles. The van der Waals surface area contributed by atoms with Crippen molar-refractivity contribution in [3.8, 4) is 0 Å². The number of hydrogen-bond acceptors (Lipinski definition) is 2. The summed E-state index contributed by atoms with van der Waals surface area (Å²) in [6.07, 6.45) is 0. The highest BCUT2D eigenvalue weighted by Crippen LogP contribution is 2.24. The van der Waals surface area contributed by atoms with Crippen molar-refractivity contribution in [3.63, 3.8) is 0 Å². The van der Waals surface area contributed by atoms with Crippen molar-refractivity contribution in [1.82, 2.24) is 0 Å². The molecule has 98 valence electrons. The van der Waals surface area contributed by atoms with Gasteiger partial charge in [-0.3, -0.25) is 0 Å². The Morgan fingerprint density at radius 2 is 1.67 bits per heavy atom. The van der Waals surface area contributed by atoms with Crippen LogP contribution in [0.1, 0.15) is 38.8 Å². The standard InChI is InChI=1S/C14H24B2O2/c1-9-8-12(10(2)7-11(9)15)16-18-14(5,6)13(3,4)17/h7-8,16-17H,15H2,1-6H3. The summed E-state index contributed by atoms with van der Waals surface area (Å²) in [5.74, 6) is 0. The number of benzene rings is 1. The van der Waals surface area contributed by atoms with Crippen molar-refractivity contribution in [1.29, 1.82) is 0 Å². The number of aryl methyl sites for hydroxylation is 2.